The average molecular weight is 329 g/mol. The Balaban J connectivity index is 1.94. The van der Waals surface area contributed by atoms with Crippen LogP contribution in [0.4, 0.5) is 0 Å². The van der Waals surface area contributed by atoms with Crippen molar-refractivity contribution < 1.29 is 9.59 Å². The summed E-state index contributed by atoms with van der Waals surface area (Å²) < 4.78 is 0. The number of carbonyl (C=O) groups excluding carboxylic acids is 2. The number of benzene rings is 2. The van der Waals surface area contributed by atoms with Gasteiger partial charge in [-0.25, -0.2) is 0 Å². The molecule has 0 unspecified atom stereocenters. The molecule has 2 aromatic rings. The molecule has 0 spiro atoms. The Morgan fingerprint density at radius 1 is 1.04 bits per heavy atom. The van der Waals surface area contributed by atoms with Gasteiger partial charge in [-0.3, -0.25) is 20.4 Å². The number of rotatable bonds is 3. The van der Waals surface area contributed by atoms with Crippen LogP contribution >= 0.6 is 11.6 Å². The van der Waals surface area contributed by atoms with E-state index in [0.29, 0.717) is 10.6 Å². The molecule has 0 heterocycles. The highest BCUT2D eigenvalue weighted by Gasteiger charge is 2.09. The Kier molecular flexibility index (Phi) is 5.55. The van der Waals surface area contributed by atoms with Gasteiger partial charge in [0.1, 0.15) is 0 Å². The fourth-order valence-corrected chi connectivity index (χ4v) is 2.27. The van der Waals surface area contributed by atoms with E-state index >= 15 is 0 Å². The van der Waals surface area contributed by atoms with E-state index in [4.69, 9.17) is 11.6 Å². The van der Waals surface area contributed by atoms with Crippen molar-refractivity contribution in [2.75, 3.05) is 0 Å². The van der Waals surface area contributed by atoms with Gasteiger partial charge >= 0.3 is 0 Å². The molecule has 0 bridgehead atoms. The zero-order chi connectivity index (χ0) is 16.8. The molecule has 2 amide bonds. The standard InChI is InChI=1S/C18H17ClN2O2/c1-12-7-9-15(13(2)11-12)18(23)21-20-17(22)10-8-14-5-3-4-6-16(14)19/h3-11H,1-2H3,(H,20,22)(H,21,23)/b10-8+. The highest BCUT2D eigenvalue weighted by molar-refractivity contribution is 6.32. The third-order valence-electron chi connectivity index (χ3n) is 3.25. The van der Waals surface area contributed by atoms with Crippen LogP contribution in [0.5, 0.6) is 0 Å². The van der Waals surface area contributed by atoms with Gasteiger partial charge in [-0.15, -0.1) is 0 Å². The van der Waals surface area contributed by atoms with E-state index < -0.39 is 5.91 Å². The second-order valence-electron chi connectivity index (χ2n) is 5.12. The zero-order valence-corrected chi connectivity index (χ0v) is 13.6. The largest absolute Gasteiger partial charge is 0.269 e. The summed E-state index contributed by atoms with van der Waals surface area (Å²) >= 11 is 5.99. The van der Waals surface area contributed by atoms with Gasteiger partial charge in [0.2, 0.25) is 0 Å². The first-order chi connectivity index (χ1) is 11.0. The predicted molar refractivity (Wildman–Crippen MR) is 92.0 cm³/mol. The Morgan fingerprint density at radius 2 is 1.78 bits per heavy atom. The minimum absolute atomic E-state index is 0.359. The van der Waals surface area contributed by atoms with Gasteiger partial charge < -0.3 is 0 Å². The van der Waals surface area contributed by atoms with Gasteiger partial charge in [0.25, 0.3) is 11.8 Å². The first-order valence-corrected chi connectivity index (χ1v) is 7.45. The number of hydrogen-bond acceptors (Lipinski definition) is 2. The number of hydrogen-bond donors (Lipinski definition) is 2. The minimum Gasteiger partial charge on any atom is -0.268 e. The Morgan fingerprint density at radius 3 is 2.48 bits per heavy atom. The Bertz CT molecular complexity index is 769. The molecule has 2 aromatic carbocycles. The van der Waals surface area contributed by atoms with Crippen molar-refractivity contribution in [1.29, 1.82) is 0 Å². The van der Waals surface area contributed by atoms with Crippen LogP contribution in [-0.4, -0.2) is 11.8 Å². The summed E-state index contributed by atoms with van der Waals surface area (Å²) in [6.45, 7) is 3.80. The lowest BCUT2D eigenvalue weighted by molar-refractivity contribution is -0.117. The second-order valence-corrected chi connectivity index (χ2v) is 5.52. The van der Waals surface area contributed by atoms with E-state index in [1.54, 1.807) is 24.3 Å². The SMILES string of the molecule is Cc1ccc(C(=O)NNC(=O)/C=C/c2ccccc2Cl)c(C)c1. The van der Waals surface area contributed by atoms with Crippen LogP contribution in [0.3, 0.4) is 0 Å². The van der Waals surface area contributed by atoms with E-state index in [1.165, 1.54) is 6.08 Å². The topological polar surface area (TPSA) is 58.2 Å². The highest BCUT2D eigenvalue weighted by Crippen LogP contribution is 2.16. The average Bonchev–Trinajstić information content (AvgIpc) is 2.52. The van der Waals surface area contributed by atoms with Crippen molar-refractivity contribution in [3.05, 3.63) is 75.8 Å². The van der Waals surface area contributed by atoms with Gasteiger partial charge in [0.15, 0.2) is 0 Å². The fraction of sp³-hybridized carbons (Fsp3) is 0.111. The minimum atomic E-state index is -0.442. The normalized spacial score (nSPS) is 10.6. The molecule has 0 saturated carbocycles. The first kappa shape index (κ1) is 16.8. The number of hydrazine groups is 1. The number of amides is 2. The molecule has 23 heavy (non-hydrogen) atoms. The molecule has 2 N–H and O–H groups in total. The second kappa shape index (κ2) is 7.61. The van der Waals surface area contributed by atoms with Crippen LogP contribution in [0, 0.1) is 13.8 Å². The summed E-state index contributed by atoms with van der Waals surface area (Å²) in [6, 6.07) is 12.7. The highest BCUT2D eigenvalue weighted by atomic mass is 35.5. The third-order valence-corrected chi connectivity index (χ3v) is 3.59. The molecule has 0 aliphatic rings. The summed E-state index contributed by atoms with van der Waals surface area (Å²) in [6.07, 6.45) is 2.89. The van der Waals surface area contributed by atoms with Gasteiger partial charge in [0, 0.05) is 16.7 Å². The monoisotopic (exact) mass is 328 g/mol. The van der Waals surface area contributed by atoms with Crippen LogP contribution < -0.4 is 10.9 Å². The van der Waals surface area contributed by atoms with E-state index in [0.717, 1.165) is 16.7 Å². The number of halogens is 1. The smallest absolute Gasteiger partial charge is 0.268 e. The molecule has 0 atom stereocenters. The van der Waals surface area contributed by atoms with Gasteiger partial charge in [-0.1, -0.05) is 47.5 Å². The Labute approximate surface area is 140 Å². The molecule has 0 aromatic heterocycles. The molecule has 0 aliphatic heterocycles. The van der Waals surface area contributed by atoms with E-state index in [2.05, 4.69) is 10.9 Å². The van der Waals surface area contributed by atoms with Crippen molar-refractivity contribution in [2.45, 2.75) is 13.8 Å². The van der Waals surface area contributed by atoms with Crippen LogP contribution in [0.15, 0.2) is 48.5 Å². The summed E-state index contributed by atoms with van der Waals surface area (Å²) in [5.41, 5.74) is 7.90. The quantitative estimate of drug-likeness (QED) is 0.670. The summed E-state index contributed by atoms with van der Waals surface area (Å²) in [5.74, 6) is -0.801. The third kappa shape index (κ3) is 4.69. The number of carbonyl (C=O) groups is 2. The van der Waals surface area contributed by atoms with Crippen LogP contribution in [0.1, 0.15) is 27.0 Å². The number of aryl methyl sites for hydroxylation is 2. The zero-order valence-electron chi connectivity index (χ0n) is 12.9. The molecule has 5 heteroatoms. The van der Waals surface area contributed by atoms with Crippen molar-refractivity contribution in [3.8, 4) is 0 Å². The molecule has 2 rings (SSSR count). The summed E-state index contributed by atoms with van der Waals surface area (Å²) in [7, 11) is 0. The van der Waals surface area contributed by atoms with Crippen molar-refractivity contribution >= 4 is 29.5 Å². The molecule has 118 valence electrons. The maximum atomic E-state index is 12.0. The van der Waals surface area contributed by atoms with Crippen molar-refractivity contribution in [2.24, 2.45) is 0 Å². The van der Waals surface area contributed by atoms with E-state index in [-0.39, 0.29) is 5.91 Å². The molecule has 0 saturated heterocycles. The van der Waals surface area contributed by atoms with Gasteiger partial charge in [0.05, 0.1) is 0 Å². The maximum absolute atomic E-state index is 12.0. The summed E-state index contributed by atoms with van der Waals surface area (Å²) in [5, 5.41) is 0.552. The number of nitrogens with one attached hydrogen (secondary N) is 2. The van der Waals surface area contributed by atoms with E-state index in [9.17, 15) is 9.59 Å². The molecular weight excluding hydrogens is 312 g/mol. The van der Waals surface area contributed by atoms with Crippen LogP contribution in [0.25, 0.3) is 6.08 Å². The van der Waals surface area contributed by atoms with E-state index in [1.807, 2.05) is 38.1 Å². The van der Waals surface area contributed by atoms with Crippen LogP contribution in [-0.2, 0) is 4.79 Å². The molecule has 0 aliphatic carbocycles. The van der Waals surface area contributed by atoms with Crippen LogP contribution in [0.2, 0.25) is 5.02 Å². The van der Waals surface area contributed by atoms with Gasteiger partial charge in [-0.05, 0) is 43.2 Å². The fourth-order valence-electron chi connectivity index (χ4n) is 2.07. The molecule has 4 nitrogen and oxygen atoms in total. The van der Waals surface area contributed by atoms with Gasteiger partial charge in [-0.2, -0.15) is 0 Å². The van der Waals surface area contributed by atoms with Crippen molar-refractivity contribution in [1.82, 2.24) is 10.9 Å². The Hall–Kier alpha value is -2.59. The predicted octanol–water partition coefficient (Wildman–Crippen LogP) is 3.43. The molecule has 0 radical (unpaired) electrons. The molecular formula is C18H17ClN2O2. The maximum Gasteiger partial charge on any atom is 0.269 e. The lowest BCUT2D eigenvalue weighted by Gasteiger charge is -2.08. The first-order valence-electron chi connectivity index (χ1n) is 7.07. The lowest BCUT2D eigenvalue weighted by Crippen LogP contribution is -2.41. The van der Waals surface area contributed by atoms with Crippen molar-refractivity contribution in [3.63, 3.8) is 0 Å². The lowest BCUT2D eigenvalue weighted by atomic mass is 10.1. The molecule has 0 fully saturated rings. The summed E-state index contributed by atoms with van der Waals surface area (Å²) in [4.78, 5) is 23.8.